The van der Waals surface area contributed by atoms with Gasteiger partial charge >= 0.3 is 0 Å². The van der Waals surface area contributed by atoms with E-state index in [0.29, 0.717) is 6.42 Å². The van der Waals surface area contributed by atoms with Gasteiger partial charge in [-0.3, -0.25) is 15.0 Å². The molecule has 0 aliphatic heterocycles. The predicted octanol–water partition coefficient (Wildman–Crippen LogP) is 2.33. The number of nitriles is 1. The molecular weight excluding hydrogens is 218 g/mol. The quantitative estimate of drug-likeness (QED) is 0.558. The summed E-state index contributed by atoms with van der Waals surface area (Å²) in [5, 5.41) is 19.0. The van der Waals surface area contributed by atoms with Crippen LogP contribution in [0.15, 0.2) is 24.3 Å². The van der Waals surface area contributed by atoms with E-state index in [1.54, 1.807) is 12.1 Å². The van der Waals surface area contributed by atoms with Gasteiger partial charge < -0.3 is 0 Å². The maximum absolute atomic E-state index is 10.5. The largest absolute Gasteiger partial charge is 0.298 e. The van der Waals surface area contributed by atoms with Gasteiger partial charge in [0.25, 0.3) is 5.69 Å². The van der Waals surface area contributed by atoms with Gasteiger partial charge in [-0.05, 0) is 12.1 Å². The molecule has 0 radical (unpaired) electrons. The zero-order chi connectivity index (χ0) is 12.7. The molecule has 5 heteroatoms. The zero-order valence-corrected chi connectivity index (χ0v) is 9.80. The Morgan fingerprint density at radius 2 is 2.06 bits per heavy atom. The summed E-state index contributed by atoms with van der Waals surface area (Å²) in [6, 6.07) is 8.64. The first-order chi connectivity index (χ1) is 8.17. The fraction of sp³-hybridized carbons (Fsp3) is 0.417. The molecule has 90 valence electrons. The molecule has 0 fully saturated rings. The third kappa shape index (κ3) is 4.21. The van der Waals surface area contributed by atoms with Crippen molar-refractivity contribution < 1.29 is 4.92 Å². The molecule has 0 unspecified atom stereocenters. The van der Waals surface area contributed by atoms with Gasteiger partial charge in [0.1, 0.15) is 0 Å². The van der Waals surface area contributed by atoms with E-state index >= 15 is 0 Å². The molecule has 0 aliphatic rings. The molecular formula is C12H15N3O2. The van der Waals surface area contributed by atoms with Crippen LogP contribution < -0.4 is 0 Å². The van der Waals surface area contributed by atoms with Gasteiger partial charge in [-0.2, -0.15) is 5.26 Å². The van der Waals surface area contributed by atoms with E-state index in [-0.39, 0.29) is 5.69 Å². The Labute approximate surface area is 100 Å². The van der Waals surface area contributed by atoms with E-state index in [1.807, 2.05) is 6.92 Å². The average Bonchev–Trinajstić information content (AvgIpc) is 2.35. The maximum atomic E-state index is 10.5. The Morgan fingerprint density at radius 3 is 2.53 bits per heavy atom. The second kappa shape index (κ2) is 6.61. The zero-order valence-electron chi connectivity index (χ0n) is 9.80. The van der Waals surface area contributed by atoms with Crippen LogP contribution in [0.4, 0.5) is 5.69 Å². The molecule has 1 aromatic carbocycles. The normalized spacial score (nSPS) is 10.2. The smallest absolute Gasteiger partial charge is 0.269 e. The Hall–Kier alpha value is -1.93. The van der Waals surface area contributed by atoms with Crippen molar-refractivity contribution in [1.29, 1.82) is 5.26 Å². The summed E-state index contributed by atoms with van der Waals surface area (Å²) in [5.41, 5.74) is 1.13. The van der Waals surface area contributed by atoms with E-state index < -0.39 is 4.92 Å². The highest BCUT2D eigenvalue weighted by Gasteiger charge is 2.06. The number of benzene rings is 1. The summed E-state index contributed by atoms with van der Waals surface area (Å²) in [5.74, 6) is 0. The molecule has 5 nitrogen and oxygen atoms in total. The SMILES string of the molecule is CCN(CCC#N)Cc1ccc([N+](=O)[O-])cc1. The minimum atomic E-state index is -0.406. The molecule has 0 saturated heterocycles. The lowest BCUT2D eigenvalue weighted by Gasteiger charge is -2.18. The molecule has 1 rings (SSSR count). The van der Waals surface area contributed by atoms with Crippen LogP contribution in [0.5, 0.6) is 0 Å². The van der Waals surface area contributed by atoms with Gasteiger partial charge in [-0.15, -0.1) is 0 Å². The van der Waals surface area contributed by atoms with Crippen molar-refractivity contribution in [2.75, 3.05) is 13.1 Å². The summed E-state index contributed by atoms with van der Waals surface area (Å²) in [4.78, 5) is 12.2. The maximum Gasteiger partial charge on any atom is 0.269 e. The fourth-order valence-electron chi connectivity index (χ4n) is 1.54. The van der Waals surface area contributed by atoms with Gasteiger partial charge in [0, 0.05) is 31.6 Å². The fourth-order valence-corrected chi connectivity index (χ4v) is 1.54. The Balaban J connectivity index is 2.61. The predicted molar refractivity (Wildman–Crippen MR) is 64.3 cm³/mol. The second-order valence-electron chi connectivity index (χ2n) is 3.70. The number of nitro benzene ring substituents is 1. The second-order valence-corrected chi connectivity index (χ2v) is 3.70. The lowest BCUT2D eigenvalue weighted by Crippen LogP contribution is -2.23. The van der Waals surface area contributed by atoms with E-state index in [0.717, 1.165) is 25.2 Å². The van der Waals surface area contributed by atoms with Crippen LogP contribution in [0, 0.1) is 21.4 Å². The summed E-state index contributed by atoms with van der Waals surface area (Å²) < 4.78 is 0. The van der Waals surface area contributed by atoms with Crippen LogP contribution in [-0.4, -0.2) is 22.9 Å². The average molecular weight is 233 g/mol. The van der Waals surface area contributed by atoms with Gasteiger partial charge in [-0.1, -0.05) is 19.1 Å². The molecule has 0 aliphatic carbocycles. The first-order valence-electron chi connectivity index (χ1n) is 5.50. The molecule has 0 aromatic heterocycles. The highest BCUT2D eigenvalue weighted by molar-refractivity contribution is 5.32. The minimum absolute atomic E-state index is 0.105. The van der Waals surface area contributed by atoms with Crippen LogP contribution in [0.25, 0.3) is 0 Å². The topological polar surface area (TPSA) is 70.2 Å². The molecule has 1 aromatic rings. The molecule has 0 saturated carbocycles. The lowest BCUT2D eigenvalue weighted by atomic mass is 10.2. The van der Waals surface area contributed by atoms with Crippen molar-refractivity contribution in [2.24, 2.45) is 0 Å². The third-order valence-electron chi connectivity index (χ3n) is 2.54. The minimum Gasteiger partial charge on any atom is -0.298 e. The van der Waals surface area contributed by atoms with E-state index in [9.17, 15) is 10.1 Å². The van der Waals surface area contributed by atoms with E-state index in [2.05, 4.69) is 11.0 Å². The van der Waals surface area contributed by atoms with Crippen LogP contribution in [0.1, 0.15) is 18.9 Å². The molecule has 17 heavy (non-hydrogen) atoms. The summed E-state index contributed by atoms with van der Waals surface area (Å²) >= 11 is 0. The molecule has 0 N–H and O–H groups in total. The van der Waals surface area contributed by atoms with Gasteiger partial charge in [0.15, 0.2) is 0 Å². The highest BCUT2D eigenvalue weighted by atomic mass is 16.6. The van der Waals surface area contributed by atoms with Crippen molar-refractivity contribution in [1.82, 2.24) is 4.90 Å². The molecule has 0 amide bonds. The van der Waals surface area contributed by atoms with E-state index in [1.165, 1.54) is 12.1 Å². The van der Waals surface area contributed by atoms with E-state index in [4.69, 9.17) is 5.26 Å². The van der Waals surface area contributed by atoms with Crippen molar-refractivity contribution in [3.63, 3.8) is 0 Å². The number of hydrogen-bond donors (Lipinski definition) is 0. The van der Waals surface area contributed by atoms with Gasteiger partial charge in [-0.25, -0.2) is 0 Å². The first kappa shape index (κ1) is 13.1. The van der Waals surface area contributed by atoms with Crippen molar-refractivity contribution in [3.8, 4) is 6.07 Å². The Bertz CT molecular complexity index is 409. The third-order valence-corrected chi connectivity index (χ3v) is 2.54. The first-order valence-corrected chi connectivity index (χ1v) is 5.50. The van der Waals surface area contributed by atoms with Crippen LogP contribution in [0.2, 0.25) is 0 Å². The number of rotatable bonds is 6. The van der Waals surface area contributed by atoms with Gasteiger partial charge in [0.2, 0.25) is 0 Å². The number of nitro groups is 1. The molecule has 0 bridgehead atoms. The van der Waals surface area contributed by atoms with Crippen molar-refractivity contribution >= 4 is 5.69 Å². The Morgan fingerprint density at radius 1 is 1.41 bits per heavy atom. The number of hydrogen-bond acceptors (Lipinski definition) is 4. The summed E-state index contributed by atoms with van der Waals surface area (Å²) in [7, 11) is 0. The monoisotopic (exact) mass is 233 g/mol. The van der Waals surface area contributed by atoms with Gasteiger partial charge in [0.05, 0.1) is 11.0 Å². The summed E-state index contributed by atoms with van der Waals surface area (Å²) in [6.45, 7) is 4.33. The summed E-state index contributed by atoms with van der Waals surface area (Å²) in [6.07, 6.45) is 0.501. The number of nitrogens with zero attached hydrogens (tertiary/aromatic N) is 3. The van der Waals surface area contributed by atoms with Crippen LogP contribution in [0.3, 0.4) is 0 Å². The highest BCUT2D eigenvalue weighted by Crippen LogP contribution is 2.13. The number of non-ortho nitro benzene ring substituents is 1. The van der Waals surface area contributed by atoms with Crippen molar-refractivity contribution in [3.05, 3.63) is 39.9 Å². The lowest BCUT2D eigenvalue weighted by molar-refractivity contribution is -0.384. The molecule has 0 spiro atoms. The Kier molecular flexibility index (Phi) is 5.11. The molecule has 0 heterocycles. The van der Waals surface area contributed by atoms with Crippen molar-refractivity contribution in [2.45, 2.75) is 19.9 Å². The standard InChI is InChI=1S/C12H15N3O2/c1-2-14(9-3-8-13)10-11-4-6-12(7-5-11)15(16)17/h4-7H,2-3,9-10H2,1H3. The van der Waals surface area contributed by atoms with Crippen LogP contribution >= 0.6 is 0 Å². The molecule has 0 atom stereocenters. The van der Waals surface area contributed by atoms with Crippen LogP contribution in [-0.2, 0) is 6.54 Å².